The van der Waals surface area contributed by atoms with Crippen molar-refractivity contribution < 1.29 is 13.2 Å². The molecule has 20 heavy (non-hydrogen) atoms. The topological polar surface area (TPSA) is 58.6 Å². The molecule has 0 radical (unpaired) electrons. The third kappa shape index (κ3) is 5.03. The fourth-order valence-electron chi connectivity index (χ4n) is 2.01. The van der Waals surface area contributed by atoms with E-state index in [9.17, 15) is 8.42 Å². The number of rotatable bonds is 6. The molecule has 1 fully saturated rings. The van der Waals surface area contributed by atoms with Gasteiger partial charge in [-0.3, -0.25) is 4.90 Å². The minimum atomic E-state index is -3.36. The van der Waals surface area contributed by atoms with Crippen LogP contribution in [0.15, 0.2) is 24.3 Å². The second-order valence-corrected chi connectivity index (χ2v) is 7.14. The third-order valence-corrected chi connectivity index (χ3v) is 4.91. The molecule has 1 heterocycles. The smallest absolute Gasteiger partial charge is 0.225 e. The van der Waals surface area contributed by atoms with Crippen molar-refractivity contribution >= 4 is 21.6 Å². The van der Waals surface area contributed by atoms with Crippen molar-refractivity contribution in [2.45, 2.75) is 13.1 Å². The summed E-state index contributed by atoms with van der Waals surface area (Å²) in [4.78, 5) is 2.34. The van der Waals surface area contributed by atoms with Crippen molar-refractivity contribution in [2.75, 3.05) is 31.5 Å². The highest BCUT2D eigenvalue weighted by Crippen LogP contribution is 2.09. The zero-order valence-corrected chi connectivity index (χ0v) is 12.8. The van der Waals surface area contributed by atoms with Gasteiger partial charge in [0.25, 0.3) is 0 Å². The molecule has 5 nitrogen and oxygen atoms in total. The Hall–Kier alpha value is -0.660. The summed E-state index contributed by atoms with van der Waals surface area (Å²) >= 11 is 5.33. The molecule has 0 atom stereocenters. The van der Waals surface area contributed by atoms with Crippen LogP contribution in [0.2, 0.25) is 0 Å². The van der Waals surface area contributed by atoms with Crippen LogP contribution in [0, 0.1) is 0 Å². The van der Waals surface area contributed by atoms with Gasteiger partial charge in [0, 0.05) is 26.2 Å². The number of ether oxygens (including phenoxy) is 1. The Morgan fingerprint density at radius 3 is 2.35 bits per heavy atom. The van der Waals surface area contributed by atoms with Crippen LogP contribution in [-0.2, 0) is 27.8 Å². The maximum Gasteiger partial charge on any atom is 0.225 e. The van der Waals surface area contributed by atoms with E-state index in [1.54, 1.807) is 0 Å². The van der Waals surface area contributed by atoms with Crippen molar-refractivity contribution in [1.29, 1.82) is 0 Å². The summed E-state index contributed by atoms with van der Waals surface area (Å²) in [6.45, 7) is 4.66. The first-order valence-electron chi connectivity index (χ1n) is 6.50. The summed E-state index contributed by atoms with van der Waals surface area (Å²) in [5.74, 6) is 0. The number of nitrogens with zero attached hydrogens (tertiary/aromatic N) is 1. The number of benzene rings is 1. The lowest BCUT2D eigenvalue weighted by Gasteiger charge is -2.26. The van der Waals surface area contributed by atoms with E-state index in [-0.39, 0.29) is 6.54 Å². The molecule has 0 spiro atoms. The van der Waals surface area contributed by atoms with Gasteiger partial charge in [0.1, 0.15) is 5.21 Å². The Morgan fingerprint density at radius 2 is 1.75 bits per heavy atom. The predicted octanol–water partition coefficient (Wildman–Crippen LogP) is 1.13. The van der Waals surface area contributed by atoms with E-state index in [1.807, 2.05) is 24.3 Å². The van der Waals surface area contributed by atoms with Gasteiger partial charge in [0.05, 0.1) is 13.2 Å². The van der Waals surface area contributed by atoms with Crippen LogP contribution in [0.4, 0.5) is 0 Å². The van der Waals surface area contributed by atoms with Crippen LogP contribution in [0.25, 0.3) is 0 Å². The lowest BCUT2D eigenvalue weighted by Crippen LogP contribution is -2.35. The van der Waals surface area contributed by atoms with Gasteiger partial charge >= 0.3 is 0 Å². The normalized spacial score (nSPS) is 17.2. The molecule has 112 valence electrons. The zero-order valence-electron chi connectivity index (χ0n) is 11.2. The summed E-state index contributed by atoms with van der Waals surface area (Å²) in [7, 11) is -3.36. The van der Waals surface area contributed by atoms with Crippen molar-refractivity contribution in [1.82, 2.24) is 9.62 Å². The number of hydrogen-bond donors (Lipinski definition) is 1. The van der Waals surface area contributed by atoms with E-state index < -0.39 is 15.2 Å². The Morgan fingerprint density at radius 1 is 1.15 bits per heavy atom. The fraction of sp³-hybridized carbons (Fsp3) is 0.538. The molecule has 0 saturated carbocycles. The SMILES string of the molecule is O=S(=O)(CCl)NCc1ccc(CN2CCOCC2)cc1. The van der Waals surface area contributed by atoms with E-state index >= 15 is 0 Å². The highest BCUT2D eigenvalue weighted by atomic mass is 35.5. The van der Waals surface area contributed by atoms with E-state index in [2.05, 4.69) is 9.62 Å². The molecule has 1 N–H and O–H groups in total. The number of sulfonamides is 1. The monoisotopic (exact) mass is 318 g/mol. The molecule has 1 saturated heterocycles. The van der Waals surface area contributed by atoms with Gasteiger partial charge in [-0.25, -0.2) is 13.1 Å². The second-order valence-electron chi connectivity index (χ2n) is 4.75. The molecule has 0 amide bonds. The predicted molar refractivity (Wildman–Crippen MR) is 79.0 cm³/mol. The maximum absolute atomic E-state index is 11.2. The van der Waals surface area contributed by atoms with Gasteiger partial charge < -0.3 is 4.74 Å². The number of alkyl halides is 1. The lowest BCUT2D eigenvalue weighted by atomic mass is 10.1. The first-order valence-corrected chi connectivity index (χ1v) is 8.69. The summed E-state index contributed by atoms with van der Waals surface area (Å²) in [6.07, 6.45) is 0. The minimum absolute atomic E-state index is 0.271. The van der Waals surface area contributed by atoms with Crippen molar-refractivity contribution in [3.8, 4) is 0 Å². The Labute approximate surface area is 124 Å². The van der Waals surface area contributed by atoms with Crippen molar-refractivity contribution in [3.63, 3.8) is 0 Å². The van der Waals surface area contributed by atoms with Gasteiger partial charge in [0.15, 0.2) is 0 Å². The lowest BCUT2D eigenvalue weighted by molar-refractivity contribution is 0.0342. The van der Waals surface area contributed by atoms with Crippen molar-refractivity contribution in [2.24, 2.45) is 0 Å². The average molecular weight is 319 g/mol. The van der Waals surface area contributed by atoms with E-state index in [1.165, 1.54) is 5.56 Å². The molecule has 1 aliphatic rings. The molecule has 1 aliphatic heterocycles. The van der Waals surface area contributed by atoms with Crippen LogP contribution in [0.5, 0.6) is 0 Å². The largest absolute Gasteiger partial charge is 0.379 e. The highest BCUT2D eigenvalue weighted by Gasteiger charge is 2.11. The Balaban J connectivity index is 1.86. The van der Waals surface area contributed by atoms with Gasteiger partial charge in [-0.1, -0.05) is 24.3 Å². The maximum atomic E-state index is 11.2. The molecule has 0 aliphatic carbocycles. The van der Waals surface area contributed by atoms with Gasteiger partial charge in [-0.2, -0.15) is 0 Å². The van der Waals surface area contributed by atoms with E-state index in [4.69, 9.17) is 16.3 Å². The number of nitrogens with one attached hydrogen (secondary N) is 1. The quantitative estimate of drug-likeness (QED) is 0.799. The second kappa shape index (κ2) is 7.38. The molecular weight excluding hydrogens is 300 g/mol. The van der Waals surface area contributed by atoms with Crippen LogP contribution >= 0.6 is 11.6 Å². The van der Waals surface area contributed by atoms with Gasteiger partial charge in [0.2, 0.25) is 10.0 Å². The summed E-state index contributed by atoms with van der Waals surface area (Å²) in [5, 5.41) is -0.415. The first kappa shape index (κ1) is 15.7. The minimum Gasteiger partial charge on any atom is -0.379 e. The summed E-state index contributed by atoms with van der Waals surface area (Å²) < 4.78 is 30.2. The molecule has 7 heteroatoms. The zero-order chi connectivity index (χ0) is 14.4. The average Bonchev–Trinajstić information content (AvgIpc) is 2.48. The number of morpholine rings is 1. The molecule has 0 bridgehead atoms. The molecular formula is C13H19ClN2O3S. The van der Waals surface area contributed by atoms with Crippen LogP contribution in [0.1, 0.15) is 11.1 Å². The summed E-state index contributed by atoms with van der Waals surface area (Å²) in [6, 6.07) is 7.93. The number of hydrogen-bond acceptors (Lipinski definition) is 4. The standard InChI is InChI=1S/C13H19ClN2O3S/c14-11-20(17,18)15-9-12-1-3-13(4-2-12)10-16-5-7-19-8-6-16/h1-4,15H,5-11H2. The fourth-order valence-corrected chi connectivity index (χ4v) is 2.71. The first-order chi connectivity index (χ1) is 9.59. The van der Waals surface area contributed by atoms with Crippen LogP contribution < -0.4 is 4.72 Å². The van der Waals surface area contributed by atoms with E-state index in [0.29, 0.717) is 0 Å². The molecule has 1 aromatic rings. The van der Waals surface area contributed by atoms with Crippen molar-refractivity contribution in [3.05, 3.63) is 35.4 Å². The molecule has 2 rings (SSSR count). The van der Waals surface area contributed by atoms with E-state index in [0.717, 1.165) is 38.4 Å². The molecule has 0 aromatic heterocycles. The Bertz CT molecular complexity index is 513. The summed E-state index contributed by atoms with van der Waals surface area (Å²) in [5.41, 5.74) is 2.14. The highest BCUT2D eigenvalue weighted by molar-refractivity contribution is 7.90. The van der Waals surface area contributed by atoms with Gasteiger partial charge in [-0.15, -0.1) is 11.6 Å². The van der Waals surface area contributed by atoms with Crippen LogP contribution in [0.3, 0.4) is 0 Å². The molecule has 1 aromatic carbocycles. The van der Waals surface area contributed by atoms with Crippen LogP contribution in [-0.4, -0.2) is 44.8 Å². The van der Waals surface area contributed by atoms with Gasteiger partial charge in [-0.05, 0) is 11.1 Å². The molecule has 0 unspecified atom stereocenters. The third-order valence-electron chi connectivity index (χ3n) is 3.17. The Kier molecular flexibility index (Phi) is 5.80. The number of halogens is 1.